The van der Waals surface area contributed by atoms with Crippen LogP contribution in [0.3, 0.4) is 0 Å². The third-order valence-corrected chi connectivity index (χ3v) is 7.52. The quantitative estimate of drug-likeness (QED) is 0.295. The number of aliphatic hydroxyl groups is 1. The van der Waals surface area contributed by atoms with Gasteiger partial charge in [-0.1, -0.05) is 36.4 Å². The Kier molecular flexibility index (Phi) is 7.36. The number of ether oxygens (including phenoxy) is 1. The van der Waals surface area contributed by atoms with E-state index in [1.54, 1.807) is 36.4 Å². The van der Waals surface area contributed by atoms with Crippen LogP contribution in [-0.2, 0) is 18.6 Å². The maximum Gasteiger partial charge on any atom is 0.459 e. The number of fused-ring (bicyclic) bond motifs is 1. The molecule has 0 radical (unpaired) electrons. The molecule has 2 heterocycles. The molecule has 2 unspecified atom stereocenters. The molecule has 0 saturated carbocycles. The zero-order valence-electron chi connectivity index (χ0n) is 19.9. The average molecular weight is 536 g/mol. The number of hydrogen-bond acceptors (Lipinski definition) is 9. The molecule has 0 bridgehead atoms. The van der Waals surface area contributed by atoms with Crippen molar-refractivity contribution >= 4 is 30.3 Å². The minimum Gasteiger partial charge on any atom is -0.480 e. The highest BCUT2D eigenvalue weighted by Gasteiger charge is 2.55. The zero-order valence-corrected chi connectivity index (χ0v) is 20.7. The van der Waals surface area contributed by atoms with Gasteiger partial charge in [0.25, 0.3) is 0 Å². The Hall–Kier alpha value is -3.35. The van der Waals surface area contributed by atoms with Crippen LogP contribution in [0.15, 0.2) is 59.5 Å². The second-order valence-electron chi connectivity index (χ2n) is 8.75. The molecule has 1 fully saturated rings. The molecule has 6 atom stereocenters. The molecule has 2 aromatic carbocycles. The predicted octanol–water partition coefficient (Wildman–Crippen LogP) is 2.23. The monoisotopic (exact) mass is 536 g/mol. The number of carboxylic acid groups (broad SMARTS) is 1. The first-order chi connectivity index (χ1) is 17.4. The fourth-order valence-electron chi connectivity index (χ4n) is 3.92. The van der Waals surface area contributed by atoms with E-state index in [1.807, 2.05) is 0 Å². The highest BCUT2D eigenvalue weighted by atomic mass is 31.2. The third kappa shape index (κ3) is 5.50. The van der Waals surface area contributed by atoms with Crippen molar-refractivity contribution < 1.29 is 37.7 Å². The summed E-state index contributed by atoms with van der Waals surface area (Å²) in [5.41, 5.74) is 2.42. The minimum absolute atomic E-state index is 0.0688. The van der Waals surface area contributed by atoms with Crippen LogP contribution in [-0.4, -0.2) is 56.3 Å². The van der Waals surface area contributed by atoms with Crippen LogP contribution in [0.4, 0.5) is 10.2 Å². The number of nitrogens with zero attached hydrogens (tertiary/aromatic N) is 2. The number of rotatable bonds is 9. The number of nitrogens with one attached hydrogen (secondary N) is 1. The average Bonchev–Trinajstić information content (AvgIpc) is 3.06. The van der Waals surface area contributed by atoms with E-state index < -0.39 is 56.2 Å². The van der Waals surface area contributed by atoms with Crippen molar-refractivity contribution in [2.75, 3.05) is 12.3 Å². The Morgan fingerprint density at radius 1 is 1.32 bits per heavy atom. The first kappa shape index (κ1) is 26.7. The summed E-state index contributed by atoms with van der Waals surface area (Å²) in [5, 5.41) is 23.8. The molecule has 14 heteroatoms. The molecule has 0 spiro atoms. The summed E-state index contributed by atoms with van der Waals surface area (Å²) in [6.45, 7) is 1.64. The Morgan fingerprint density at radius 2 is 2.03 bits per heavy atom. The second kappa shape index (κ2) is 10.2. The van der Waals surface area contributed by atoms with E-state index in [0.717, 1.165) is 16.9 Å². The summed E-state index contributed by atoms with van der Waals surface area (Å²) in [5.74, 6) is -1.26. The molecule has 1 aliphatic heterocycles. The van der Waals surface area contributed by atoms with Crippen molar-refractivity contribution in [3.8, 4) is 5.75 Å². The smallest absolute Gasteiger partial charge is 0.459 e. The van der Waals surface area contributed by atoms with Gasteiger partial charge in [-0.2, -0.15) is 10.1 Å². The Balaban J connectivity index is 1.59. The fourth-order valence-corrected chi connectivity index (χ4v) is 5.44. The highest BCUT2D eigenvalue weighted by Crippen LogP contribution is 2.48. The summed E-state index contributed by atoms with van der Waals surface area (Å²) < 4.78 is 46.5. The molecule has 1 aliphatic rings. The molecule has 5 N–H and O–H groups in total. The lowest BCUT2D eigenvalue weighted by Crippen LogP contribution is -2.44. The number of nitrogen functional groups attached to an aromatic ring is 1. The number of halogens is 1. The van der Waals surface area contributed by atoms with Gasteiger partial charge in [-0.25, -0.2) is 13.8 Å². The van der Waals surface area contributed by atoms with Crippen LogP contribution in [0, 0.1) is 0 Å². The summed E-state index contributed by atoms with van der Waals surface area (Å²) >= 11 is 0. The van der Waals surface area contributed by atoms with Gasteiger partial charge in [-0.05, 0) is 31.4 Å². The third-order valence-electron chi connectivity index (χ3n) is 5.89. The van der Waals surface area contributed by atoms with Crippen LogP contribution < -0.4 is 21.0 Å². The Labute approximate surface area is 210 Å². The molecule has 1 aromatic heterocycles. The van der Waals surface area contributed by atoms with Crippen LogP contribution in [0.1, 0.15) is 20.1 Å². The van der Waals surface area contributed by atoms with E-state index in [4.69, 9.17) is 19.5 Å². The van der Waals surface area contributed by atoms with Crippen molar-refractivity contribution in [1.82, 2.24) is 14.6 Å². The number of carbonyl (C=O) groups is 1. The molecule has 37 heavy (non-hydrogen) atoms. The molecule has 198 valence electrons. The molecule has 3 aromatic rings. The molecule has 0 amide bonds. The lowest BCUT2D eigenvalue weighted by molar-refractivity contribution is -0.138. The SMILES string of the molecule is CC(NP(=O)(OC[C@H]1O[C@@H](n2ccc(N)nc2=O)[C@](C)(O)[C@@H]1F)Oc1cccc2ccccc12)C(=O)O. The normalized spacial score (nSPS) is 26.0. The van der Waals surface area contributed by atoms with Gasteiger partial charge >= 0.3 is 19.4 Å². The largest absolute Gasteiger partial charge is 0.480 e. The van der Waals surface area contributed by atoms with Gasteiger partial charge in [0.15, 0.2) is 12.4 Å². The van der Waals surface area contributed by atoms with Crippen molar-refractivity contribution in [1.29, 1.82) is 0 Å². The van der Waals surface area contributed by atoms with E-state index in [2.05, 4.69) is 10.1 Å². The summed E-state index contributed by atoms with van der Waals surface area (Å²) in [4.78, 5) is 27.2. The lowest BCUT2D eigenvalue weighted by atomic mass is 9.98. The van der Waals surface area contributed by atoms with Gasteiger partial charge in [0.05, 0.1) is 6.61 Å². The topological polar surface area (TPSA) is 175 Å². The number of nitrogens with two attached hydrogens (primary N) is 1. The number of carboxylic acids is 1. The summed E-state index contributed by atoms with van der Waals surface area (Å²) in [7, 11) is -4.44. The lowest BCUT2D eigenvalue weighted by Gasteiger charge is -2.26. The second-order valence-corrected chi connectivity index (χ2v) is 10.4. The van der Waals surface area contributed by atoms with Gasteiger partial charge in [-0.15, -0.1) is 0 Å². The molecule has 12 nitrogen and oxygen atoms in total. The van der Waals surface area contributed by atoms with E-state index in [0.29, 0.717) is 5.39 Å². The Morgan fingerprint density at radius 3 is 2.73 bits per heavy atom. The summed E-state index contributed by atoms with van der Waals surface area (Å²) in [6.07, 6.45) is -3.90. The predicted molar refractivity (Wildman–Crippen MR) is 131 cm³/mol. The standard InChI is InChI=1S/C23H26FN4O8P/c1-13(20(29)30)27-37(33,36-16-9-5-7-14-6-3-4-8-15(14)16)34-12-17-19(24)23(2,32)21(35-17)28-11-10-18(25)26-22(28)31/h3-11,13,17,19,21,32H,12H2,1-2H3,(H,27,33)(H,29,30)(H2,25,26,31)/t13?,17-,19-,21-,23-,37?/m1/s1. The van der Waals surface area contributed by atoms with Gasteiger partial charge in [0, 0.05) is 11.6 Å². The van der Waals surface area contributed by atoms with Gasteiger partial charge in [-0.3, -0.25) is 13.9 Å². The molecular formula is C23H26FN4O8P. The van der Waals surface area contributed by atoms with Gasteiger partial charge < -0.3 is 25.2 Å². The maximum absolute atomic E-state index is 15.3. The van der Waals surface area contributed by atoms with Crippen molar-refractivity contribution in [3.05, 3.63) is 65.2 Å². The number of alkyl halides is 1. The first-order valence-corrected chi connectivity index (χ1v) is 12.7. The Bertz CT molecular complexity index is 1410. The molecule has 4 rings (SSSR count). The number of benzene rings is 2. The number of aliphatic carboxylic acids is 1. The van der Waals surface area contributed by atoms with E-state index in [1.165, 1.54) is 25.3 Å². The van der Waals surface area contributed by atoms with Crippen LogP contribution in [0.2, 0.25) is 0 Å². The van der Waals surface area contributed by atoms with E-state index >= 15 is 4.39 Å². The van der Waals surface area contributed by atoms with Crippen LogP contribution >= 0.6 is 7.75 Å². The zero-order chi connectivity index (χ0) is 27.0. The van der Waals surface area contributed by atoms with Gasteiger partial charge in [0.2, 0.25) is 0 Å². The van der Waals surface area contributed by atoms with Gasteiger partial charge in [0.1, 0.15) is 29.3 Å². The highest BCUT2D eigenvalue weighted by molar-refractivity contribution is 7.52. The van der Waals surface area contributed by atoms with Crippen molar-refractivity contribution in [2.24, 2.45) is 0 Å². The fraction of sp³-hybridized carbons (Fsp3) is 0.348. The van der Waals surface area contributed by atoms with E-state index in [9.17, 15) is 24.4 Å². The molecule has 0 aliphatic carbocycles. The number of hydrogen-bond donors (Lipinski definition) is 4. The van der Waals surface area contributed by atoms with Crippen molar-refractivity contribution in [2.45, 2.75) is 44.0 Å². The first-order valence-electron chi connectivity index (χ1n) is 11.2. The molecular weight excluding hydrogens is 510 g/mol. The number of aromatic nitrogens is 2. The summed E-state index contributed by atoms with van der Waals surface area (Å²) in [6, 6.07) is 12.0. The van der Waals surface area contributed by atoms with E-state index in [-0.39, 0.29) is 11.6 Å². The van der Waals surface area contributed by atoms with Crippen LogP contribution in [0.5, 0.6) is 5.75 Å². The van der Waals surface area contributed by atoms with Crippen LogP contribution in [0.25, 0.3) is 10.8 Å². The minimum atomic E-state index is -4.44. The number of anilines is 1. The maximum atomic E-state index is 15.3. The molecule has 1 saturated heterocycles. The van der Waals surface area contributed by atoms with Crippen molar-refractivity contribution in [3.63, 3.8) is 0 Å².